The summed E-state index contributed by atoms with van der Waals surface area (Å²) in [5.41, 5.74) is -0.810. The van der Waals surface area contributed by atoms with Crippen LogP contribution < -0.4 is 5.32 Å². The van der Waals surface area contributed by atoms with Gasteiger partial charge in [-0.15, -0.1) is 5.10 Å². The van der Waals surface area contributed by atoms with Crippen LogP contribution in [0, 0.1) is 0 Å². The third-order valence-electron chi connectivity index (χ3n) is 3.47. The molecule has 0 saturated heterocycles. The minimum atomic E-state index is -4.62. The van der Waals surface area contributed by atoms with Gasteiger partial charge in [-0.2, -0.15) is 17.9 Å². The highest BCUT2D eigenvalue weighted by atomic mass is 79.9. The van der Waals surface area contributed by atoms with Crippen molar-refractivity contribution in [1.82, 2.24) is 25.5 Å². The quantitative estimate of drug-likeness (QED) is 0.695. The summed E-state index contributed by atoms with van der Waals surface area (Å²) in [5.74, 6) is -0.581. The smallest absolute Gasteiger partial charge is 0.345 e. The lowest BCUT2D eigenvalue weighted by atomic mass is 10.1. The molecule has 0 atom stereocenters. The van der Waals surface area contributed by atoms with Crippen molar-refractivity contribution in [2.75, 3.05) is 0 Å². The lowest BCUT2D eigenvalue weighted by Crippen LogP contribution is -2.27. The van der Waals surface area contributed by atoms with E-state index in [1.165, 1.54) is 16.8 Å². The molecule has 0 radical (unpaired) electrons. The van der Waals surface area contributed by atoms with Crippen LogP contribution in [0.3, 0.4) is 0 Å². The number of nitrogens with zero attached hydrogens (tertiary/aromatic N) is 4. The number of carbonyl (C=O) groups is 1. The number of tetrazole rings is 1. The Morgan fingerprint density at radius 2 is 1.92 bits per heavy atom. The van der Waals surface area contributed by atoms with Crippen molar-refractivity contribution in [3.8, 4) is 5.69 Å². The van der Waals surface area contributed by atoms with Crippen LogP contribution in [0.15, 0.2) is 53.0 Å². The largest absolute Gasteiger partial charge is 0.417 e. The lowest BCUT2D eigenvalue weighted by molar-refractivity contribution is -0.137. The number of hydrogen-bond acceptors (Lipinski definition) is 4. The number of nitrogens with one attached hydrogen (secondary N) is 1. The summed E-state index contributed by atoms with van der Waals surface area (Å²) in [7, 11) is 0. The molecule has 1 heterocycles. The molecule has 0 unspecified atom stereocenters. The fourth-order valence-electron chi connectivity index (χ4n) is 2.31. The number of amides is 1. The minimum absolute atomic E-state index is 0.134. The van der Waals surface area contributed by atoms with E-state index in [0.717, 1.165) is 16.6 Å². The maximum absolute atomic E-state index is 13.0. The fraction of sp³-hybridized carbons (Fsp3) is 0.125. The molecule has 6 nitrogen and oxygen atoms in total. The van der Waals surface area contributed by atoms with Crippen LogP contribution in [-0.2, 0) is 12.7 Å². The highest BCUT2D eigenvalue weighted by Gasteiger charge is 2.34. The fourth-order valence-corrected chi connectivity index (χ4v) is 2.69. The molecular formula is C16H11BrF3N5O. The zero-order valence-electron chi connectivity index (χ0n) is 13.0. The van der Waals surface area contributed by atoms with Crippen molar-refractivity contribution in [3.05, 3.63) is 70.0 Å². The van der Waals surface area contributed by atoms with Gasteiger partial charge in [0.25, 0.3) is 5.91 Å². The van der Waals surface area contributed by atoms with Crippen LogP contribution >= 0.6 is 15.9 Å². The van der Waals surface area contributed by atoms with E-state index >= 15 is 0 Å². The Morgan fingerprint density at radius 3 is 2.65 bits per heavy atom. The van der Waals surface area contributed by atoms with E-state index < -0.39 is 23.2 Å². The Kier molecular flexibility index (Phi) is 5.03. The monoisotopic (exact) mass is 425 g/mol. The molecule has 0 bridgehead atoms. The molecule has 0 aliphatic heterocycles. The molecule has 26 heavy (non-hydrogen) atoms. The molecule has 1 amide bonds. The molecule has 0 spiro atoms. The lowest BCUT2D eigenvalue weighted by Gasteiger charge is -2.12. The van der Waals surface area contributed by atoms with Gasteiger partial charge in [0.1, 0.15) is 0 Å². The Morgan fingerprint density at radius 1 is 1.15 bits per heavy atom. The number of alkyl halides is 3. The first-order chi connectivity index (χ1) is 12.4. The van der Waals surface area contributed by atoms with Gasteiger partial charge in [0, 0.05) is 4.47 Å². The predicted molar refractivity (Wildman–Crippen MR) is 89.5 cm³/mol. The van der Waals surface area contributed by atoms with Crippen LogP contribution in [0.1, 0.15) is 21.7 Å². The first-order valence-electron chi connectivity index (χ1n) is 7.34. The Labute approximate surface area is 154 Å². The summed E-state index contributed by atoms with van der Waals surface area (Å²) < 4.78 is 41.3. The van der Waals surface area contributed by atoms with Crippen LogP contribution in [0.4, 0.5) is 13.2 Å². The summed E-state index contributed by atoms with van der Waals surface area (Å²) in [5, 5.41) is 13.6. The molecule has 0 fully saturated rings. The van der Waals surface area contributed by atoms with Crippen molar-refractivity contribution < 1.29 is 18.0 Å². The highest BCUT2D eigenvalue weighted by Crippen LogP contribution is 2.31. The molecule has 134 valence electrons. The van der Waals surface area contributed by atoms with E-state index in [9.17, 15) is 18.0 Å². The Balaban J connectivity index is 1.79. The van der Waals surface area contributed by atoms with Crippen molar-refractivity contribution in [1.29, 1.82) is 0 Å². The third-order valence-corrected chi connectivity index (χ3v) is 3.96. The van der Waals surface area contributed by atoms with E-state index in [1.807, 2.05) is 6.07 Å². The van der Waals surface area contributed by atoms with Gasteiger partial charge >= 0.3 is 6.18 Å². The first-order valence-corrected chi connectivity index (χ1v) is 8.13. The molecule has 3 rings (SSSR count). The molecule has 0 saturated carbocycles. The van der Waals surface area contributed by atoms with Crippen molar-refractivity contribution >= 4 is 21.8 Å². The minimum Gasteiger partial charge on any atom is -0.345 e. The maximum Gasteiger partial charge on any atom is 0.417 e. The average molecular weight is 426 g/mol. The molecule has 10 heteroatoms. The Bertz CT molecular complexity index is 941. The number of hydrogen-bond donors (Lipinski definition) is 1. The van der Waals surface area contributed by atoms with Gasteiger partial charge in [-0.3, -0.25) is 4.79 Å². The standard InChI is InChI=1S/C16H11BrF3N5O/c17-10-4-3-5-11(8-10)25-14(22-23-24-25)9-21-15(26)12-6-1-2-7-13(12)16(18,19)20/h1-8H,9H2,(H,21,26). The number of benzene rings is 2. The van der Waals surface area contributed by atoms with Gasteiger partial charge in [-0.05, 0) is 40.8 Å². The molecule has 3 aromatic rings. The van der Waals surface area contributed by atoms with Gasteiger partial charge in [0.05, 0.1) is 23.4 Å². The average Bonchev–Trinajstić information content (AvgIpc) is 3.07. The topological polar surface area (TPSA) is 72.7 Å². The summed E-state index contributed by atoms with van der Waals surface area (Å²) >= 11 is 3.33. The van der Waals surface area contributed by atoms with E-state index in [-0.39, 0.29) is 12.4 Å². The number of halogens is 4. The number of carbonyl (C=O) groups excluding carboxylic acids is 1. The zero-order valence-corrected chi connectivity index (χ0v) is 14.6. The van der Waals surface area contributed by atoms with Gasteiger partial charge in [-0.1, -0.05) is 34.1 Å². The Hall–Kier alpha value is -2.75. The van der Waals surface area contributed by atoms with Gasteiger partial charge in [0.15, 0.2) is 5.82 Å². The molecular weight excluding hydrogens is 415 g/mol. The third kappa shape index (κ3) is 3.90. The second-order valence-electron chi connectivity index (χ2n) is 5.21. The molecule has 2 aromatic carbocycles. The van der Waals surface area contributed by atoms with Gasteiger partial charge in [0.2, 0.25) is 0 Å². The second-order valence-corrected chi connectivity index (χ2v) is 6.13. The first kappa shape index (κ1) is 18.1. The molecule has 1 aromatic heterocycles. The molecule has 0 aliphatic rings. The van der Waals surface area contributed by atoms with Crippen LogP contribution in [-0.4, -0.2) is 26.1 Å². The zero-order chi connectivity index (χ0) is 18.7. The van der Waals surface area contributed by atoms with E-state index in [0.29, 0.717) is 5.69 Å². The van der Waals surface area contributed by atoms with E-state index in [4.69, 9.17) is 0 Å². The second kappa shape index (κ2) is 7.24. The number of aromatic nitrogens is 4. The number of rotatable bonds is 4. The van der Waals surface area contributed by atoms with E-state index in [2.05, 4.69) is 36.8 Å². The molecule has 1 N–H and O–H groups in total. The summed E-state index contributed by atoms with van der Waals surface area (Å²) in [6.07, 6.45) is -4.62. The highest BCUT2D eigenvalue weighted by molar-refractivity contribution is 9.10. The van der Waals surface area contributed by atoms with E-state index in [1.54, 1.807) is 18.2 Å². The van der Waals surface area contributed by atoms with Crippen LogP contribution in [0.2, 0.25) is 0 Å². The summed E-state index contributed by atoms with van der Waals surface area (Å²) in [6.45, 7) is -0.134. The van der Waals surface area contributed by atoms with Crippen molar-refractivity contribution in [2.24, 2.45) is 0 Å². The molecule has 0 aliphatic carbocycles. The van der Waals surface area contributed by atoms with Crippen LogP contribution in [0.25, 0.3) is 5.69 Å². The SMILES string of the molecule is O=C(NCc1nnnn1-c1cccc(Br)c1)c1ccccc1C(F)(F)F. The predicted octanol–water partition coefficient (Wildman–Crippen LogP) is 3.37. The van der Waals surface area contributed by atoms with Crippen molar-refractivity contribution in [3.63, 3.8) is 0 Å². The summed E-state index contributed by atoms with van der Waals surface area (Å²) in [6, 6.07) is 11.7. The maximum atomic E-state index is 13.0. The normalized spacial score (nSPS) is 11.4. The van der Waals surface area contributed by atoms with Crippen LogP contribution in [0.5, 0.6) is 0 Å². The van der Waals surface area contributed by atoms with Gasteiger partial charge < -0.3 is 5.32 Å². The van der Waals surface area contributed by atoms with Crippen molar-refractivity contribution in [2.45, 2.75) is 12.7 Å². The van der Waals surface area contributed by atoms with Gasteiger partial charge in [-0.25, -0.2) is 0 Å². The summed E-state index contributed by atoms with van der Waals surface area (Å²) in [4.78, 5) is 12.2.